The third-order valence-corrected chi connectivity index (χ3v) is 5.50. The molecule has 1 heterocycles. The molecular weight excluding hydrogens is 449 g/mol. The van der Waals surface area contributed by atoms with E-state index in [0.29, 0.717) is 24.3 Å². The van der Waals surface area contributed by atoms with Crippen LogP contribution in [0.3, 0.4) is 0 Å². The van der Waals surface area contributed by atoms with Crippen molar-refractivity contribution in [1.82, 2.24) is 0 Å². The molecule has 4 rings (SSSR count). The van der Waals surface area contributed by atoms with Gasteiger partial charge < -0.3 is 14.2 Å². The fourth-order valence-corrected chi connectivity index (χ4v) is 3.91. The van der Waals surface area contributed by atoms with E-state index in [9.17, 15) is 22.8 Å². The number of ether oxygens (including phenoxy) is 3. The Morgan fingerprint density at radius 2 is 1.79 bits per heavy atom. The highest BCUT2D eigenvalue weighted by atomic mass is 19.4. The van der Waals surface area contributed by atoms with Gasteiger partial charge in [-0.2, -0.15) is 13.2 Å². The lowest BCUT2D eigenvalue weighted by Gasteiger charge is -2.22. The van der Waals surface area contributed by atoms with Crippen molar-refractivity contribution in [2.75, 3.05) is 13.7 Å². The van der Waals surface area contributed by atoms with E-state index in [0.717, 1.165) is 30.7 Å². The molecule has 0 atom stereocenters. The largest absolute Gasteiger partial charge is 0.493 e. The number of fused-ring (bicyclic) bond motifs is 1. The molecule has 0 saturated heterocycles. The van der Waals surface area contributed by atoms with Crippen LogP contribution in [0.2, 0.25) is 0 Å². The highest BCUT2D eigenvalue weighted by Gasteiger charge is 2.40. The van der Waals surface area contributed by atoms with E-state index >= 15 is 0 Å². The topological polar surface area (TPSA) is 61.8 Å². The number of rotatable bonds is 6. The van der Waals surface area contributed by atoms with Crippen LogP contribution in [-0.2, 0) is 28.7 Å². The molecule has 3 aromatic rings. The van der Waals surface area contributed by atoms with Crippen LogP contribution >= 0.6 is 0 Å². The van der Waals surface area contributed by atoms with Gasteiger partial charge in [0.05, 0.1) is 24.8 Å². The minimum Gasteiger partial charge on any atom is -0.493 e. The lowest BCUT2D eigenvalue weighted by atomic mass is 9.89. The molecule has 0 N–H and O–H groups in total. The van der Waals surface area contributed by atoms with Crippen LogP contribution in [0.15, 0.2) is 60.7 Å². The molecule has 1 aliphatic heterocycles. The Bertz CT molecular complexity index is 1220. The average Bonchev–Trinajstić information content (AvgIpc) is 2.85. The van der Waals surface area contributed by atoms with E-state index in [-0.39, 0.29) is 17.9 Å². The molecule has 0 radical (unpaired) electrons. The number of Topliss-reactive ketones (excluding diaryl/α,β-unsaturated/α-hetero) is 1. The van der Waals surface area contributed by atoms with Gasteiger partial charge >= 0.3 is 12.1 Å². The van der Waals surface area contributed by atoms with E-state index in [4.69, 9.17) is 9.47 Å². The summed E-state index contributed by atoms with van der Waals surface area (Å²) in [5.74, 6) is -2.12. The zero-order chi connectivity index (χ0) is 24.3. The number of halogens is 3. The van der Waals surface area contributed by atoms with Gasteiger partial charge in [0, 0.05) is 5.56 Å². The van der Waals surface area contributed by atoms with Gasteiger partial charge in [0.15, 0.2) is 0 Å². The van der Waals surface area contributed by atoms with E-state index in [1.807, 2.05) is 18.2 Å². The molecule has 8 heteroatoms. The van der Waals surface area contributed by atoms with Crippen molar-refractivity contribution in [3.8, 4) is 22.6 Å². The number of methoxy groups -OCH3 is 1. The molecule has 176 valence electrons. The van der Waals surface area contributed by atoms with Gasteiger partial charge in [-0.15, -0.1) is 0 Å². The van der Waals surface area contributed by atoms with Gasteiger partial charge in [-0.25, -0.2) is 4.79 Å². The Hall–Kier alpha value is -3.81. The average molecular weight is 470 g/mol. The van der Waals surface area contributed by atoms with Crippen LogP contribution in [0.4, 0.5) is 13.2 Å². The van der Waals surface area contributed by atoms with E-state index in [1.54, 1.807) is 30.3 Å². The van der Waals surface area contributed by atoms with Crippen LogP contribution in [0.1, 0.15) is 33.5 Å². The summed E-state index contributed by atoms with van der Waals surface area (Å²) < 4.78 is 57.9. The number of carbonyl (C=O) groups is 2. The van der Waals surface area contributed by atoms with Gasteiger partial charge in [-0.3, -0.25) is 4.79 Å². The first-order valence-electron chi connectivity index (χ1n) is 10.6. The Labute approximate surface area is 194 Å². The normalized spacial score (nSPS) is 12.9. The van der Waals surface area contributed by atoms with Crippen molar-refractivity contribution in [2.24, 2.45) is 0 Å². The van der Waals surface area contributed by atoms with Crippen molar-refractivity contribution in [1.29, 1.82) is 0 Å². The summed E-state index contributed by atoms with van der Waals surface area (Å²) in [6, 6.07) is 15.9. The number of esters is 1. The number of ketones is 1. The summed E-state index contributed by atoms with van der Waals surface area (Å²) in [5, 5.41) is 0. The van der Waals surface area contributed by atoms with Crippen LogP contribution in [-0.4, -0.2) is 25.5 Å². The summed E-state index contributed by atoms with van der Waals surface area (Å²) >= 11 is 0. The number of hydrogen-bond acceptors (Lipinski definition) is 5. The van der Waals surface area contributed by atoms with Gasteiger partial charge in [0.25, 0.3) is 5.78 Å². The fourth-order valence-electron chi connectivity index (χ4n) is 3.91. The van der Waals surface area contributed by atoms with Crippen LogP contribution in [0.25, 0.3) is 11.1 Å². The number of alkyl halides is 3. The number of benzene rings is 3. The zero-order valence-electron chi connectivity index (χ0n) is 18.3. The van der Waals surface area contributed by atoms with Gasteiger partial charge in [0.1, 0.15) is 18.1 Å². The van der Waals surface area contributed by atoms with E-state index in [1.165, 1.54) is 6.07 Å². The molecule has 5 nitrogen and oxygen atoms in total. The first-order valence-corrected chi connectivity index (χ1v) is 10.6. The minimum absolute atomic E-state index is 0.0424. The molecular formula is C26H21F3O5. The highest BCUT2D eigenvalue weighted by Crippen LogP contribution is 2.43. The molecule has 0 fully saturated rings. The fraction of sp³-hybridized carbons (Fsp3) is 0.231. The summed E-state index contributed by atoms with van der Waals surface area (Å²) in [4.78, 5) is 25.0. The molecule has 0 amide bonds. The summed E-state index contributed by atoms with van der Waals surface area (Å²) in [6.45, 7) is 0.604. The van der Waals surface area contributed by atoms with Crippen molar-refractivity contribution in [2.45, 2.75) is 25.6 Å². The Morgan fingerprint density at radius 1 is 1.03 bits per heavy atom. The Balaban J connectivity index is 1.92. The predicted molar refractivity (Wildman–Crippen MR) is 118 cm³/mol. The van der Waals surface area contributed by atoms with Gasteiger partial charge in [-0.1, -0.05) is 36.4 Å². The molecule has 0 unspecified atom stereocenters. The Kier molecular flexibility index (Phi) is 6.58. The molecule has 34 heavy (non-hydrogen) atoms. The lowest BCUT2D eigenvalue weighted by molar-refractivity contribution is -0.138. The lowest BCUT2D eigenvalue weighted by Crippen LogP contribution is -2.22. The van der Waals surface area contributed by atoms with E-state index in [2.05, 4.69) is 4.74 Å². The van der Waals surface area contributed by atoms with Crippen molar-refractivity contribution >= 4 is 11.8 Å². The quantitative estimate of drug-likeness (QED) is 0.265. The standard InChI is InChI=1S/C26H21F3O5/c1-32-25(31)24(30)23-19(26(27,28)29)10-12-21(34-15-16-6-3-2-4-7-16)22(23)18-9-11-20-17(14-18)8-5-13-33-20/h2-4,6-7,9-12,14H,5,8,13,15H2,1H3. The molecule has 0 spiro atoms. The van der Waals surface area contributed by atoms with Crippen molar-refractivity contribution < 1.29 is 37.0 Å². The monoisotopic (exact) mass is 470 g/mol. The first-order chi connectivity index (χ1) is 16.3. The molecule has 3 aromatic carbocycles. The second-order valence-electron chi connectivity index (χ2n) is 7.73. The number of aryl methyl sites for hydroxylation is 1. The predicted octanol–water partition coefficient (Wildman–Crippen LogP) is 5.63. The number of hydrogen-bond donors (Lipinski definition) is 0. The smallest absolute Gasteiger partial charge is 0.417 e. The maximum atomic E-state index is 14.0. The third-order valence-electron chi connectivity index (χ3n) is 5.50. The first kappa shape index (κ1) is 23.4. The second kappa shape index (κ2) is 9.59. The zero-order valence-corrected chi connectivity index (χ0v) is 18.3. The number of carbonyl (C=O) groups excluding carboxylic acids is 2. The van der Waals surface area contributed by atoms with Crippen LogP contribution < -0.4 is 9.47 Å². The molecule has 1 aliphatic rings. The summed E-state index contributed by atoms with van der Waals surface area (Å²) in [7, 11) is 0.944. The van der Waals surface area contributed by atoms with Gasteiger partial charge in [-0.05, 0) is 53.8 Å². The summed E-state index contributed by atoms with van der Waals surface area (Å²) in [6.07, 6.45) is -3.46. The molecule has 0 aliphatic carbocycles. The van der Waals surface area contributed by atoms with E-state index < -0.39 is 29.1 Å². The van der Waals surface area contributed by atoms with Gasteiger partial charge in [0.2, 0.25) is 0 Å². The SMILES string of the molecule is COC(=O)C(=O)c1c(C(F)(F)F)ccc(OCc2ccccc2)c1-c1ccc2c(c1)CCCO2. The highest BCUT2D eigenvalue weighted by molar-refractivity contribution is 6.42. The van der Waals surface area contributed by atoms with Crippen molar-refractivity contribution in [3.05, 3.63) is 82.9 Å². The maximum absolute atomic E-state index is 14.0. The third kappa shape index (κ3) is 4.76. The molecule has 0 saturated carbocycles. The van der Waals surface area contributed by atoms with Crippen molar-refractivity contribution in [3.63, 3.8) is 0 Å². The Morgan fingerprint density at radius 3 is 2.50 bits per heavy atom. The molecule has 0 bridgehead atoms. The minimum atomic E-state index is -4.89. The maximum Gasteiger partial charge on any atom is 0.417 e. The van der Waals surface area contributed by atoms with Crippen LogP contribution in [0, 0.1) is 0 Å². The van der Waals surface area contributed by atoms with Crippen LogP contribution in [0.5, 0.6) is 11.5 Å². The summed E-state index contributed by atoms with van der Waals surface area (Å²) in [5.41, 5.74) is -0.264. The second-order valence-corrected chi connectivity index (χ2v) is 7.73. The molecule has 0 aromatic heterocycles.